The first-order chi connectivity index (χ1) is 14.1. The molecule has 162 valence electrons. The van der Waals surface area contributed by atoms with Crippen molar-refractivity contribution in [1.29, 1.82) is 0 Å². The maximum atomic E-state index is 13.0. The molecule has 0 aromatic heterocycles. The number of benzene rings is 2. The molecule has 0 unspecified atom stereocenters. The first-order valence-corrected chi connectivity index (χ1v) is 10.9. The Kier molecular flexibility index (Phi) is 8.02. The van der Waals surface area contributed by atoms with Crippen LogP contribution in [0.1, 0.15) is 13.3 Å². The fraction of sp³-hybridized carbons (Fsp3) is 0.278. The third-order valence-electron chi connectivity index (χ3n) is 3.98. The topological polar surface area (TPSA) is 119 Å². The highest BCUT2D eigenvalue weighted by Crippen LogP contribution is 2.31. The van der Waals surface area contributed by atoms with Crippen LogP contribution in [0.4, 0.5) is 11.4 Å². The smallest absolute Gasteiger partial charge is 0.312 e. The summed E-state index contributed by atoms with van der Waals surface area (Å²) in [6.45, 7) is 1.25. The van der Waals surface area contributed by atoms with E-state index in [0.29, 0.717) is 11.4 Å². The highest BCUT2D eigenvalue weighted by atomic mass is 35.5. The van der Waals surface area contributed by atoms with E-state index in [1.807, 2.05) is 0 Å². The summed E-state index contributed by atoms with van der Waals surface area (Å²) in [7, 11) is -2.96. The number of hydrogen-bond acceptors (Lipinski definition) is 6. The fourth-order valence-electron chi connectivity index (χ4n) is 2.60. The summed E-state index contributed by atoms with van der Waals surface area (Å²) in [6.07, 6.45) is 0.419. The maximum Gasteiger partial charge on any atom is 0.312 e. The van der Waals surface area contributed by atoms with Gasteiger partial charge in [-0.2, -0.15) is 4.31 Å². The Hall–Kier alpha value is -2.40. The summed E-state index contributed by atoms with van der Waals surface area (Å²) < 4.78 is 31.9. The van der Waals surface area contributed by atoms with Gasteiger partial charge in [-0.05, 0) is 36.8 Å². The van der Waals surface area contributed by atoms with Gasteiger partial charge in [0.25, 0.3) is 0 Å². The summed E-state index contributed by atoms with van der Waals surface area (Å²) in [5, 5.41) is 14.3. The third kappa shape index (κ3) is 5.60. The summed E-state index contributed by atoms with van der Waals surface area (Å²) in [4.78, 5) is 22.6. The monoisotopic (exact) mass is 475 g/mol. The SMILES string of the molecule is CCCN(CC(=O)Nc1cc(Cl)ccc1Cl)S(=O)(=O)c1ccc(OC)c([N+](=O)[O-])c1. The quantitative estimate of drug-likeness (QED) is 0.433. The number of carbonyl (C=O) groups is 1. The number of nitro benzene ring substituents is 1. The van der Waals surface area contributed by atoms with Crippen LogP contribution in [0.3, 0.4) is 0 Å². The number of rotatable bonds is 9. The average molecular weight is 476 g/mol. The lowest BCUT2D eigenvalue weighted by Crippen LogP contribution is -2.38. The second-order valence-electron chi connectivity index (χ2n) is 6.10. The van der Waals surface area contributed by atoms with Gasteiger partial charge in [-0.25, -0.2) is 8.42 Å². The second-order valence-corrected chi connectivity index (χ2v) is 8.88. The highest BCUT2D eigenvalue weighted by molar-refractivity contribution is 7.89. The van der Waals surface area contributed by atoms with E-state index in [4.69, 9.17) is 27.9 Å². The molecule has 1 N–H and O–H groups in total. The van der Waals surface area contributed by atoms with Crippen molar-refractivity contribution in [3.05, 3.63) is 56.6 Å². The molecule has 0 saturated heterocycles. The molecule has 0 radical (unpaired) electrons. The van der Waals surface area contributed by atoms with Crippen LogP contribution in [0.2, 0.25) is 10.0 Å². The number of ether oxygens (including phenoxy) is 1. The molecule has 2 rings (SSSR count). The molecular formula is C18H19Cl2N3O6S. The lowest BCUT2D eigenvalue weighted by molar-refractivity contribution is -0.386. The van der Waals surface area contributed by atoms with Crippen LogP contribution in [0.5, 0.6) is 5.75 Å². The molecular weight excluding hydrogens is 457 g/mol. The van der Waals surface area contributed by atoms with Crippen molar-refractivity contribution in [3.8, 4) is 5.75 Å². The first kappa shape index (κ1) is 23.9. The molecule has 0 aliphatic carbocycles. The second kappa shape index (κ2) is 10.1. The normalized spacial score (nSPS) is 11.4. The Bertz CT molecular complexity index is 1060. The van der Waals surface area contributed by atoms with E-state index < -0.39 is 33.1 Å². The van der Waals surface area contributed by atoms with E-state index in [1.165, 1.54) is 31.4 Å². The summed E-state index contributed by atoms with van der Waals surface area (Å²) in [5.74, 6) is -0.714. The zero-order valence-corrected chi connectivity index (χ0v) is 18.4. The standard InChI is InChI=1S/C18H19Cl2N3O6S/c1-3-8-22(11-18(24)21-15-9-12(19)4-6-14(15)20)30(27,28)13-5-7-17(29-2)16(10-13)23(25)26/h4-7,9-10H,3,8,11H2,1-2H3,(H,21,24). The molecule has 1 amide bonds. The Balaban J connectivity index is 2.32. The molecule has 30 heavy (non-hydrogen) atoms. The summed E-state index contributed by atoms with van der Waals surface area (Å²) in [5.41, 5.74) is -0.256. The Morgan fingerprint density at radius 1 is 1.23 bits per heavy atom. The Labute approximate surface area is 183 Å². The fourth-order valence-corrected chi connectivity index (χ4v) is 4.44. The minimum Gasteiger partial charge on any atom is -0.490 e. The van der Waals surface area contributed by atoms with E-state index >= 15 is 0 Å². The predicted octanol–water partition coefficient (Wildman–Crippen LogP) is 3.95. The van der Waals surface area contributed by atoms with Gasteiger partial charge in [0.2, 0.25) is 15.9 Å². The number of nitro groups is 1. The van der Waals surface area contributed by atoms with E-state index in [0.717, 1.165) is 10.4 Å². The number of nitrogens with one attached hydrogen (secondary N) is 1. The molecule has 0 fully saturated rings. The Morgan fingerprint density at radius 2 is 1.93 bits per heavy atom. The number of carbonyl (C=O) groups excluding carboxylic acids is 1. The molecule has 0 saturated carbocycles. The van der Waals surface area contributed by atoms with Gasteiger partial charge in [0.15, 0.2) is 5.75 Å². The van der Waals surface area contributed by atoms with Crippen molar-refractivity contribution in [2.75, 3.05) is 25.5 Å². The van der Waals surface area contributed by atoms with Crippen molar-refractivity contribution in [1.82, 2.24) is 4.31 Å². The largest absolute Gasteiger partial charge is 0.490 e. The zero-order chi connectivity index (χ0) is 22.5. The van der Waals surface area contributed by atoms with Gasteiger partial charge < -0.3 is 10.1 Å². The van der Waals surface area contributed by atoms with E-state index in [-0.39, 0.29) is 27.9 Å². The molecule has 12 heteroatoms. The first-order valence-electron chi connectivity index (χ1n) is 8.67. The van der Waals surface area contributed by atoms with Crippen molar-refractivity contribution < 1.29 is 22.9 Å². The van der Waals surface area contributed by atoms with Crippen LogP contribution in [0.25, 0.3) is 0 Å². The van der Waals surface area contributed by atoms with E-state index in [2.05, 4.69) is 5.32 Å². The van der Waals surface area contributed by atoms with Gasteiger partial charge in [-0.1, -0.05) is 30.1 Å². The van der Waals surface area contributed by atoms with Crippen molar-refractivity contribution in [2.45, 2.75) is 18.2 Å². The molecule has 9 nitrogen and oxygen atoms in total. The number of methoxy groups -OCH3 is 1. The molecule has 0 spiro atoms. The van der Waals surface area contributed by atoms with Gasteiger partial charge in [0.05, 0.1) is 34.2 Å². The van der Waals surface area contributed by atoms with E-state index in [9.17, 15) is 23.3 Å². The number of anilines is 1. The van der Waals surface area contributed by atoms with E-state index in [1.54, 1.807) is 13.0 Å². The van der Waals surface area contributed by atoms with Crippen molar-refractivity contribution in [3.63, 3.8) is 0 Å². The number of nitrogens with zero attached hydrogens (tertiary/aromatic N) is 2. The minimum atomic E-state index is -4.20. The number of sulfonamides is 1. The van der Waals surface area contributed by atoms with Crippen LogP contribution in [0, 0.1) is 10.1 Å². The van der Waals surface area contributed by atoms with Crippen LogP contribution in [-0.4, -0.2) is 43.8 Å². The maximum absolute atomic E-state index is 13.0. The lowest BCUT2D eigenvalue weighted by atomic mass is 10.3. The number of hydrogen-bond donors (Lipinski definition) is 1. The molecule has 2 aromatic carbocycles. The molecule has 0 aliphatic heterocycles. The highest BCUT2D eigenvalue weighted by Gasteiger charge is 2.29. The Morgan fingerprint density at radius 3 is 2.53 bits per heavy atom. The minimum absolute atomic E-state index is 0.0266. The summed E-state index contributed by atoms with van der Waals surface area (Å²) in [6, 6.07) is 7.77. The lowest BCUT2D eigenvalue weighted by Gasteiger charge is -2.21. The van der Waals surface area contributed by atoms with Gasteiger partial charge in [-0.15, -0.1) is 0 Å². The molecule has 0 bridgehead atoms. The molecule has 0 aliphatic rings. The third-order valence-corrected chi connectivity index (χ3v) is 6.39. The van der Waals surface area contributed by atoms with Gasteiger partial charge in [0, 0.05) is 17.6 Å². The average Bonchev–Trinajstić information content (AvgIpc) is 2.69. The molecule has 2 aromatic rings. The van der Waals surface area contributed by atoms with Crippen molar-refractivity contribution >= 4 is 50.5 Å². The predicted molar refractivity (Wildman–Crippen MR) is 114 cm³/mol. The van der Waals surface area contributed by atoms with Crippen LogP contribution in [0.15, 0.2) is 41.3 Å². The van der Waals surface area contributed by atoms with Gasteiger partial charge in [-0.3, -0.25) is 14.9 Å². The van der Waals surface area contributed by atoms with Crippen LogP contribution >= 0.6 is 23.2 Å². The van der Waals surface area contributed by atoms with Gasteiger partial charge >= 0.3 is 5.69 Å². The van der Waals surface area contributed by atoms with Crippen molar-refractivity contribution in [2.24, 2.45) is 0 Å². The number of halogens is 2. The number of amides is 1. The van der Waals surface area contributed by atoms with Gasteiger partial charge in [0.1, 0.15) is 0 Å². The molecule has 0 atom stereocenters. The zero-order valence-electron chi connectivity index (χ0n) is 16.1. The van der Waals surface area contributed by atoms with Crippen LogP contribution in [-0.2, 0) is 14.8 Å². The van der Waals surface area contributed by atoms with Crippen LogP contribution < -0.4 is 10.1 Å². The summed E-state index contributed by atoms with van der Waals surface area (Å²) >= 11 is 11.9. The molecule has 0 heterocycles.